The minimum atomic E-state index is 0.747. The van der Waals surface area contributed by atoms with Gasteiger partial charge in [-0.25, -0.2) is 4.98 Å². The van der Waals surface area contributed by atoms with Gasteiger partial charge in [0, 0.05) is 5.02 Å². The second-order valence-corrected chi connectivity index (χ2v) is 4.96. The van der Waals surface area contributed by atoms with Crippen LogP contribution in [0, 0.1) is 6.92 Å². The fourth-order valence-electron chi connectivity index (χ4n) is 1.97. The van der Waals surface area contributed by atoms with E-state index in [0.29, 0.717) is 0 Å². The molecule has 0 saturated heterocycles. The number of imidazole rings is 1. The minimum Gasteiger partial charge on any atom is -0.338 e. The number of aromatic amines is 1. The zero-order valence-corrected chi connectivity index (χ0v) is 11.3. The van der Waals surface area contributed by atoms with Crippen LogP contribution in [-0.4, -0.2) is 9.97 Å². The first kappa shape index (κ1) is 12.0. The number of aryl methyl sites for hydroxylation is 1. The molecular formula is C16H13ClN2. The summed E-state index contributed by atoms with van der Waals surface area (Å²) in [6, 6.07) is 13.9. The van der Waals surface area contributed by atoms with Crippen LogP contribution in [0.5, 0.6) is 0 Å². The van der Waals surface area contributed by atoms with Gasteiger partial charge in [0.25, 0.3) is 0 Å². The first-order valence-electron chi connectivity index (χ1n) is 6.11. The topological polar surface area (TPSA) is 28.7 Å². The van der Waals surface area contributed by atoms with Crippen LogP contribution in [0.3, 0.4) is 0 Å². The fourth-order valence-corrected chi connectivity index (χ4v) is 2.10. The van der Waals surface area contributed by atoms with Crippen molar-refractivity contribution in [2.24, 2.45) is 0 Å². The summed E-state index contributed by atoms with van der Waals surface area (Å²) >= 11 is 5.85. The Morgan fingerprint density at radius 2 is 1.84 bits per heavy atom. The number of benzene rings is 2. The predicted molar refractivity (Wildman–Crippen MR) is 81.2 cm³/mol. The van der Waals surface area contributed by atoms with Gasteiger partial charge in [0.2, 0.25) is 0 Å². The largest absolute Gasteiger partial charge is 0.338 e. The van der Waals surface area contributed by atoms with E-state index in [2.05, 4.69) is 29.0 Å². The Hall–Kier alpha value is -2.06. The van der Waals surface area contributed by atoms with E-state index in [1.165, 1.54) is 5.56 Å². The summed E-state index contributed by atoms with van der Waals surface area (Å²) in [6.45, 7) is 2.07. The summed E-state index contributed by atoms with van der Waals surface area (Å²) in [5, 5.41) is 0.747. The summed E-state index contributed by atoms with van der Waals surface area (Å²) in [5.74, 6) is 0.857. The molecule has 0 amide bonds. The molecule has 0 spiro atoms. The molecule has 1 N–H and O–H groups in total. The molecule has 3 heteroatoms. The van der Waals surface area contributed by atoms with Gasteiger partial charge in [0.1, 0.15) is 5.82 Å². The Morgan fingerprint density at radius 1 is 1.05 bits per heavy atom. The monoisotopic (exact) mass is 268 g/mol. The lowest BCUT2D eigenvalue weighted by molar-refractivity contribution is 1.29. The summed E-state index contributed by atoms with van der Waals surface area (Å²) < 4.78 is 0. The van der Waals surface area contributed by atoms with Crippen molar-refractivity contribution < 1.29 is 0 Å². The molecule has 0 radical (unpaired) electrons. The average Bonchev–Trinajstić information content (AvgIpc) is 2.80. The third-order valence-corrected chi connectivity index (χ3v) is 3.21. The Labute approximate surface area is 116 Å². The summed E-state index contributed by atoms with van der Waals surface area (Å²) in [5.41, 5.74) is 4.38. The number of nitrogens with zero attached hydrogens (tertiary/aromatic N) is 1. The van der Waals surface area contributed by atoms with Crippen molar-refractivity contribution in [2.45, 2.75) is 6.92 Å². The smallest absolute Gasteiger partial charge is 0.131 e. The number of aromatic nitrogens is 2. The number of halogens is 1. The lowest BCUT2D eigenvalue weighted by atomic mass is 10.2. The number of hydrogen-bond acceptors (Lipinski definition) is 1. The highest BCUT2D eigenvalue weighted by Gasteiger charge is 1.99. The van der Waals surface area contributed by atoms with Gasteiger partial charge in [-0.1, -0.05) is 35.9 Å². The molecule has 0 bridgehead atoms. The van der Waals surface area contributed by atoms with E-state index >= 15 is 0 Å². The standard InChI is InChI=1S/C16H13ClN2/c1-11-2-8-14-15(10-11)19-16(18-14)9-5-12-3-6-13(17)7-4-12/h2-10H,1H3,(H,18,19). The lowest BCUT2D eigenvalue weighted by Gasteiger charge is -1.92. The predicted octanol–water partition coefficient (Wildman–Crippen LogP) is 4.70. The molecule has 0 saturated carbocycles. The minimum absolute atomic E-state index is 0.747. The number of hydrogen-bond donors (Lipinski definition) is 1. The van der Waals surface area contributed by atoms with Gasteiger partial charge in [-0.15, -0.1) is 0 Å². The van der Waals surface area contributed by atoms with Crippen molar-refractivity contribution >= 4 is 34.8 Å². The maximum Gasteiger partial charge on any atom is 0.131 e. The molecule has 3 aromatic rings. The number of nitrogens with one attached hydrogen (secondary N) is 1. The van der Waals surface area contributed by atoms with Crippen LogP contribution in [0.15, 0.2) is 42.5 Å². The van der Waals surface area contributed by atoms with E-state index in [1.54, 1.807) is 0 Å². The van der Waals surface area contributed by atoms with Crippen molar-refractivity contribution in [3.63, 3.8) is 0 Å². The molecule has 94 valence electrons. The van der Waals surface area contributed by atoms with E-state index in [9.17, 15) is 0 Å². The van der Waals surface area contributed by atoms with Gasteiger partial charge in [-0.05, 0) is 48.4 Å². The molecule has 0 atom stereocenters. The molecule has 3 rings (SSSR count). The van der Waals surface area contributed by atoms with E-state index in [0.717, 1.165) is 27.4 Å². The second kappa shape index (κ2) is 4.90. The van der Waals surface area contributed by atoms with Gasteiger partial charge >= 0.3 is 0 Å². The molecule has 0 fully saturated rings. The SMILES string of the molecule is Cc1ccc2nc(C=Cc3ccc(Cl)cc3)[nH]c2c1. The number of fused-ring (bicyclic) bond motifs is 1. The van der Waals surface area contributed by atoms with Gasteiger partial charge in [-0.2, -0.15) is 0 Å². The van der Waals surface area contributed by atoms with Gasteiger partial charge < -0.3 is 4.98 Å². The number of rotatable bonds is 2. The maximum absolute atomic E-state index is 5.85. The Morgan fingerprint density at radius 3 is 2.63 bits per heavy atom. The average molecular weight is 269 g/mol. The molecule has 1 aromatic heterocycles. The van der Waals surface area contributed by atoms with E-state index < -0.39 is 0 Å². The molecule has 0 aliphatic heterocycles. The van der Waals surface area contributed by atoms with Crippen LogP contribution in [-0.2, 0) is 0 Å². The Bertz CT molecular complexity index is 739. The van der Waals surface area contributed by atoms with Crippen molar-refractivity contribution in [3.05, 3.63) is 64.4 Å². The van der Waals surface area contributed by atoms with Gasteiger partial charge in [0.05, 0.1) is 11.0 Å². The molecule has 0 aliphatic rings. The molecule has 2 nitrogen and oxygen atoms in total. The Kier molecular flexibility index (Phi) is 3.10. The fraction of sp³-hybridized carbons (Fsp3) is 0.0625. The van der Waals surface area contributed by atoms with Crippen LogP contribution < -0.4 is 0 Å². The van der Waals surface area contributed by atoms with Crippen molar-refractivity contribution in [1.29, 1.82) is 0 Å². The van der Waals surface area contributed by atoms with Crippen LogP contribution in [0.4, 0.5) is 0 Å². The molecule has 19 heavy (non-hydrogen) atoms. The zero-order valence-electron chi connectivity index (χ0n) is 10.5. The van der Waals surface area contributed by atoms with Crippen LogP contribution in [0.1, 0.15) is 17.0 Å². The highest BCUT2D eigenvalue weighted by Crippen LogP contribution is 2.15. The van der Waals surface area contributed by atoms with Crippen molar-refractivity contribution in [2.75, 3.05) is 0 Å². The summed E-state index contributed by atoms with van der Waals surface area (Å²) in [4.78, 5) is 7.81. The summed E-state index contributed by atoms with van der Waals surface area (Å²) in [6.07, 6.45) is 3.99. The molecular weight excluding hydrogens is 256 g/mol. The lowest BCUT2D eigenvalue weighted by Crippen LogP contribution is -1.74. The highest BCUT2D eigenvalue weighted by atomic mass is 35.5. The second-order valence-electron chi connectivity index (χ2n) is 4.53. The zero-order chi connectivity index (χ0) is 13.2. The Balaban J connectivity index is 1.90. The molecule has 1 heterocycles. The molecule has 0 unspecified atom stereocenters. The third-order valence-electron chi connectivity index (χ3n) is 2.96. The van der Waals surface area contributed by atoms with Crippen molar-refractivity contribution in [1.82, 2.24) is 9.97 Å². The van der Waals surface area contributed by atoms with Crippen LogP contribution >= 0.6 is 11.6 Å². The van der Waals surface area contributed by atoms with Gasteiger partial charge in [0.15, 0.2) is 0 Å². The molecule has 0 aliphatic carbocycles. The normalized spacial score (nSPS) is 11.5. The van der Waals surface area contributed by atoms with E-state index in [1.807, 2.05) is 42.5 Å². The highest BCUT2D eigenvalue weighted by molar-refractivity contribution is 6.30. The van der Waals surface area contributed by atoms with E-state index in [-0.39, 0.29) is 0 Å². The quantitative estimate of drug-likeness (QED) is 0.717. The van der Waals surface area contributed by atoms with Crippen LogP contribution in [0.25, 0.3) is 23.2 Å². The first-order chi connectivity index (χ1) is 9.20. The maximum atomic E-state index is 5.85. The van der Waals surface area contributed by atoms with Crippen LogP contribution in [0.2, 0.25) is 5.02 Å². The van der Waals surface area contributed by atoms with Crippen molar-refractivity contribution in [3.8, 4) is 0 Å². The number of H-pyrrole nitrogens is 1. The van der Waals surface area contributed by atoms with Gasteiger partial charge in [-0.3, -0.25) is 0 Å². The molecule has 2 aromatic carbocycles. The van der Waals surface area contributed by atoms with E-state index in [4.69, 9.17) is 11.6 Å². The summed E-state index contributed by atoms with van der Waals surface area (Å²) in [7, 11) is 0. The third kappa shape index (κ3) is 2.69. The first-order valence-corrected chi connectivity index (χ1v) is 6.48.